The van der Waals surface area contributed by atoms with Crippen molar-refractivity contribution >= 4 is 11.6 Å². The van der Waals surface area contributed by atoms with Gasteiger partial charge in [-0.2, -0.15) is 5.10 Å². The van der Waals surface area contributed by atoms with Gasteiger partial charge in [0.05, 0.1) is 11.4 Å². The Morgan fingerprint density at radius 2 is 1.83 bits per heavy atom. The Balaban J connectivity index is 1.81. The van der Waals surface area contributed by atoms with Gasteiger partial charge in [0.15, 0.2) is 5.82 Å². The normalized spacial score (nSPS) is 13.8. The van der Waals surface area contributed by atoms with Gasteiger partial charge in [-0.3, -0.25) is 0 Å². The minimum atomic E-state index is 0.773. The minimum Gasteiger partial charge on any atom is -0.234 e. The summed E-state index contributed by atoms with van der Waals surface area (Å²) in [7, 11) is 0. The van der Waals surface area contributed by atoms with Gasteiger partial charge < -0.3 is 0 Å². The molecule has 0 aliphatic heterocycles. The Kier molecular flexibility index (Phi) is 4.11. The summed E-state index contributed by atoms with van der Waals surface area (Å²) < 4.78 is 2.05. The van der Waals surface area contributed by atoms with Crippen molar-refractivity contribution in [1.29, 1.82) is 0 Å². The molecule has 2 aromatic heterocycles. The molecule has 1 aliphatic carbocycles. The molecule has 0 fully saturated rings. The Bertz CT molecular complexity index is 865. The van der Waals surface area contributed by atoms with Gasteiger partial charge in [-0.1, -0.05) is 29.8 Å². The first-order chi connectivity index (χ1) is 11.7. The van der Waals surface area contributed by atoms with Crippen LogP contribution in [0.4, 0.5) is 0 Å². The zero-order valence-corrected chi connectivity index (χ0v) is 14.6. The molecule has 122 valence electrons. The van der Waals surface area contributed by atoms with E-state index < -0.39 is 0 Å². The van der Waals surface area contributed by atoms with E-state index >= 15 is 0 Å². The van der Waals surface area contributed by atoms with Gasteiger partial charge in [-0.15, -0.1) is 0 Å². The van der Waals surface area contributed by atoms with Crippen LogP contribution in [0.2, 0.25) is 5.02 Å². The second-order valence-electron chi connectivity index (χ2n) is 6.43. The predicted molar refractivity (Wildman–Crippen MR) is 97.0 cm³/mol. The zero-order chi connectivity index (χ0) is 16.5. The van der Waals surface area contributed by atoms with Crippen LogP contribution >= 0.6 is 11.6 Å². The standard InChI is InChI=1S/C20H20ClN3/c1-14-5-4-8-20(22-14)24-19(13-15-9-11-16(21)12-10-15)17-6-2-3-7-18(17)23-24/h4-5,8-12H,2-3,6-7,13H2,1H3. The predicted octanol–water partition coefficient (Wildman–Crippen LogP) is 4.70. The highest BCUT2D eigenvalue weighted by molar-refractivity contribution is 6.30. The third-order valence-electron chi connectivity index (χ3n) is 4.64. The summed E-state index contributed by atoms with van der Waals surface area (Å²) in [6.07, 6.45) is 5.51. The number of halogens is 1. The summed E-state index contributed by atoms with van der Waals surface area (Å²) in [5.74, 6) is 0.911. The molecule has 3 aromatic rings. The summed E-state index contributed by atoms with van der Waals surface area (Å²) in [6.45, 7) is 2.02. The molecule has 4 heteroatoms. The second kappa shape index (κ2) is 6.40. The average molecular weight is 338 g/mol. The van der Waals surface area contributed by atoms with Crippen molar-refractivity contribution in [2.24, 2.45) is 0 Å². The quantitative estimate of drug-likeness (QED) is 0.693. The first-order valence-electron chi connectivity index (χ1n) is 8.49. The van der Waals surface area contributed by atoms with Crippen molar-refractivity contribution in [3.05, 3.63) is 75.7 Å². The van der Waals surface area contributed by atoms with E-state index in [1.165, 1.54) is 35.4 Å². The summed E-state index contributed by atoms with van der Waals surface area (Å²) >= 11 is 6.03. The van der Waals surface area contributed by atoms with Crippen molar-refractivity contribution < 1.29 is 0 Å². The molecule has 0 spiro atoms. The molecule has 3 nitrogen and oxygen atoms in total. The first kappa shape index (κ1) is 15.4. The van der Waals surface area contributed by atoms with Crippen LogP contribution in [0.5, 0.6) is 0 Å². The Hall–Kier alpha value is -2.13. The maximum atomic E-state index is 6.03. The fourth-order valence-corrected chi connectivity index (χ4v) is 3.56. The summed E-state index contributed by atoms with van der Waals surface area (Å²) in [5.41, 5.74) is 6.19. The molecule has 1 aliphatic rings. The lowest BCUT2D eigenvalue weighted by Crippen LogP contribution is -2.07. The molecule has 1 aromatic carbocycles. The number of aromatic nitrogens is 3. The third kappa shape index (κ3) is 2.96. The van der Waals surface area contributed by atoms with E-state index in [1.54, 1.807) is 0 Å². The lowest BCUT2D eigenvalue weighted by molar-refractivity contribution is 0.670. The number of rotatable bonds is 3. The Morgan fingerprint density at radius 1 is 1.04 bits per heavy atom. The molecule has 0 amide bonds. The van der Waals surface area contributed by atoms with Crippen molar-refractivity contribution in [1.82, 2.24) is 14.8 Å². The van der Waals surface area contributed by atoms with Crippen molar-refractivity contribution in [2.45, 2.75) is 39.0 Å². The van der Waals surface area contributed by atoms with Crippen LogP contribution in [0.15, 0.2) is 42.5 Å². The fourth-order valence-electron chi connectivity index (χ4n) is 3.43. The van der Waals surface area contributed by atoms with Gasteiger partial charge in [-0.05, 0) is 68.0 Å². The van der Waals surface area contributed by atoms with Gasteiger partial charge >= 0.3 is 0 Å². The van der Waals surface area contributed by atoms with Crippen LogP contribution in [0.1, 0.15) is 41.1 Å². The number of benzene rings is 1. The highest BCUT2D eigenvalue weighted by Crippen LogP contribution is 2.28. The fraction of sp³-hybridized carbons (Fsp3) is 0.300. The minimum absolute atomic E-state index is 0.773. The van der Waals surface area contributed by atoms with E-state index in [9.17, 15) is 0 Å². The molecule has 0 saturated heterocycles. The maximum Gasteiger partial charge on any atom is 0.153 e. The number of hydrogen-bond donors (Lipinski definition) is 0. The lowest BCUT2D eigenvalue weighted by Gasteiger charge is -2.12. The molecule has 0 radical (unpaired) electrons. The third-order valence-corrected chi connectivity index (χ3v) is 4.89. The molecule has 0 bridgehead atoms. The number of pyridine rings is 1. The summed E-state index contributed by atoms with van der Waals surface area (Å²) in [4.78, 5) is 4.68. The first-order valence-corrected chi connectivity index (χ1v) is 8.86. The highest BCUT2D eigenvalue weighted by Gasteiger charge is 2.22. The number of hydrogen-bond acceptors (Lipinski definition) is 2. The molecule has 4 rings (SSSR count). The van der Waals surface area contributed by atoms with Crippen molar-refractivity contribution in [2.75, 3.05) is 0 Å². The van der Waals surface area contributed by atoms with E-state index in [0.29, 0.717) is 0 Å². The molecule has 0 N–H and O–H groups in total. The maximum absolute atomic E-state index is 6.03. The van der Waals surface area contributed by atoms with Crippen LogP contribution in [-0.4, -0.2) is 14.8 Å². The zero-order valence-electron chi connectivity index (χ0n) is 13.8. The largest absolute Gasteiger partial charge is 0.234 e. The van der Waals surface area contributed by atoms with E-state index in [4.69, 9.17) is 16.7 Å². The van der Waals surface area contributed by atoms with Gasteiger partial charge in [0.2, 0.25) is 0 Å². The molecular formula is C20H20ClN3. The molecule has 0 atom stereocenters. The van der Waals surface area contributed by atoms with E-state index in [1.807, 2.05) is 37.3 Å². The number of aryl methyl sites for hydroxylation is 2. The average Bonchev–Trinajstić information content (AvgIpc) is 2.96. The smallest absolute Gasteiger partial charge is 0.153 e. The van der Waals surface area contributed by atoms with Crippen molar-refractivity contribution in [3.8, 4) is 5.82 Å². The van der Waals surface area contributed by atoms with Gasteiger partial charge in [0.25, 0.3) is 0 Å². The van der Waals surface area contributed by atoms with Crippen LogP contribution in [0.25, 0.3) is 5.82 Å². The Morgan fingerprint density at radius 3 is 2.62 bits per heavy atom. The molecule has 0 saturated carbocycles. The van der Waals surface area contributed by atoms with E-state index in [0.717, 1.165) is 35.8 Å². The summed E-state index contributed by atoms with van der Waals surface area (Å²) in [5, 5.41) is 5.68. The molecule has 2 heterocycles. The van der Waals surface area contributed by atoms with Gasteiger partial charge in [0, 0.05) is 17.1 Å². The molecular weight excluding hydrogens is 318 g/mol. The topological polar surface area (TPSA) is 30.7 Å². The van der Waals surface area contributed by atoms with E-state index in [2.05, 4.69) is 21.8 Å². The highest BCUT2D eigenvalue weighted by atomic mass is 35.5. The number of nitrogens with zero attached hydrogens (tertiary/aromatic N) is 3. The monoisotopic (exact) mass is 337 g/mol. The molecule has 24 heavy (non-hydrogen) atoms. The SMILES string of the molecule is Cc1cccc(-n2nc3c(c2Cc2ccc(Cl)cc2)CCCC3)n1. The van der Waals surface area contributed by atoms with Gasteiger partial charge in [0.1, 0.15) is 0 Å². The van der Waals surface area contributed by atoms with Crippen LogP contribution in [0.3, 0.4) is 0 Å². The van der Waals surface area contributed by atoms with Crippen LogP contribution in [0, 0.1) is 6.92 Å². The number of fused-ring (bicyclic) bond motifs is 1. The van der Waals surface area contributed by atoms with Crippen molar-refractivity contribution in [3.63, 3.8) is 0 Å². The molecule has 0 unspecified atom stereocenters. The summed E-state index contributed by atoms with van der Waals surface area (Å²) in [6, 6.07) is 14.2. The lowest BCUT2D eigenvalue weighted by atomic mass is 9.94. The Labute approximate surface area is 147 Å². The van der Waals surface area contributed by atoms with Crippen LogP contribution < -0.4 is 0 Å². The van der Waals surface area contributed by atoms with Crippen LogP contribution in [-0.2, 0) is 19.3 Å². The second-order valence-corrected chi connectivity index (χ2v) is 6.87. The van der Waals surface area contributed by atoms with E-state index in [-0.39, 0.29) is 0 Å². The van der Waals surface area contributed by atoms with Gasteiger partial charge in [-0.25, -0.2) is 9.67 Å².